The predicted octanol–water partition coefficient (Wildman–Crippen LogP) is 3.54. The Morgan fingerprint density at radius 2 is 1.86 bits per heavy atom. The smallest absolute Gasteiger partial charge is 0.0593 e. The first-order chi connectivity index (χ1) is 9.75. The minimum Gasteiger partial charge on any atom is -0.380 e. The van der Waals surface area contributed by atoms with Crippen molar-refractivity contribution < 1.29 is 4.74 Å². The summed E-state index contributed by atoms with van der Waals surface area (Å²) in [7, 11) is 0. The molecule has 0 bridgehead atoms. The Labute approximate surface area is 132 Å². The van der Waals surface area contributed by atoms with E-state index in [2.05, 4.69) is 58.7 Å². The fraction of sp³-hybridized carbons (Fsp3) is 1.00. The monoisotopic (exact) mass is 298 g/mol. The van der Waals surface area contributed by atoms with E-state index in [4.69, 9.17) is 4.74 Å². The Balaban J connectivity index is 2.65. The molecule has 0 saturated carbocycles. The number of ether oxygens (including phenoxy) is 1. The van der Waals surface area contributed by atoms with E-state index in [1.165, 1.54) is 12.8 Å². The molecule has 0 aromatic heterocycles. The molecular formula is C18H38N2O. The maximum atomic E-state index is 5.84. The molecule has 0 aliphatic carbocycles. The van der Waals surface area contributed by atoms with E-state index >= 15 is 0 Å². The Kier molecular flexibility index (Phi) is 7.15. The van der Waals surface area contributed by atoms with E-state index in [-0.39, 0.29) is 0 Å². The van der Waals surface area contributed by atoms with Crippen molar-refractivity contribution in [2.45, 2.75) is 72.9 Å². The summed E-state index contributed by atoms with van der Waals surface area (Å²) in [6.07, 6.45) is 2.41. The lowest BCUT2D eigenvalue weighted by Gasteiger charge is -2.52. The Morgan fingerprint density at radius 1 is 1.24 bits per heavy atom. The fourth-order valence-electron chi connectivity index (χ4n) is 3.25. The number of nitrogens with one attached hydrogen (secondary N) is 1. The molecule has 1 heterocycles. The first-order valence-corrected chi connectivity index (χ1v) is 8.81. The van der Waals surface area contributed by atoms with Gasteiger partial charge in [0.25, 0.3) is 0 Å². The first-order valence-electron chi connectivity index (χ1n) is 8.81. The third kappa shape index (κ3) is 5.22. The Morgan fingerprint density at radius 3 is 2.33 bits per heavy atom. The standard InChI is InChI=1S/C18H38N2O/c1-8-18(9-2)14-19-16(17(5,6)7)12-20(18)10-11-21-13-15(3)4/h15-16,19H,8-14H2,1-7H3. The third-order valence-corrected chi connectivity index (χ3v) is 5.07. The van der Waals surface area contributed by atoms with Gasteiger partial charge in [-0.05, 0) is 24.2 Å². The Bertz CT molecular complexity index is 292. The van der Waals surface area contributed by atoms with Crippen LogP contribution >= 0.6 is 0 Å². The molecule has 0 aromatic rings. The molecule has 0 amide bonds. The highest BCUT2D eigenvalue weighted by Gasteiger charge is 2.41. The van der Waals surface area contributed by atoms with Crippen LogP contribution in [0.2, 0.25) is 0 Å². The zero-order valence-electron chi connectivity index (χ0n) is 15.5. The van der Waals surface area contributed by atoms with Gasteiger partial charge in [0.1, 0.15) is 0 Å². The normalized spacial score (nSPS) is 23.7. The quantitative estimate of drug-likeness (QED) is 0.728. The van der Waals surface area contributed by atoms with Crippen LogP contribution < -0.4 is 5.32 Å². The first kappa shape index (κ1) is 18.9. The van der Waals surface area contributed by atoms with Gasteiger partial charge in [-0.15, -0.1) is 0 Å². The maximum absolute atomic E-state index is 5.84. The van der Waals surface area contributed by atoms with Crippen LogP contribution in [0.1, 0.15) is 61.3 Å². The van der Waals surface area contributed by atoms with E-state index in [9.17, 15) is 0 Å². The molecular weight excluding hydrogens is 260 g/mol. The van der Waals surface area contributed by atoms with E-state index < -0.39 is 0 Å². The van der Waals surface area contributed by atoms with Crippen LogP contribution in [0.3, 0.4) is 0 Å². The van der Waals surface area contributed by atoms with Gasteiger partial charge in [-0.25, -0.2) is 0 Å². The number of hydrogen-bond acceptors (Lipinski definition) is 3. The Hall–Kier alpha value is -0.120. The van der Waals surface area contributed by atoms with Crippen molar-refractivity contribution in [3.8, 4) is 0 Å². The maximum Gasteiger partial charge on any atom is 0.0593 e. The van der Waals surface area contributed by atoms with Crippen LogP contribution in [-0.2, 0) is 4.74 Å². The molecule has 1 atom stereocenters. The summed E-state index contributed by atoms with van der Waals surface area (Å²) in [5, 5.41) is 3.81. The molecule has 0 spiro atoms. The van der Waals surface area contributed by atoms with Gasteiger partial charge in [0, 0.05) is 37.8 Å². The largest absolute Gasteiger partial charge is 0.380 e. The molecule has 126 valence electrons. The molecule has 1 aliphatic heterocycles. The molecule has 0 aromatic carbocycles. The molecule has 1 rings (SSSR count). The molecule has 3 heteroatoms. The topological polar surface area (TPSA) is 24.5 Å². The highest BCUT2D eigenvalue weighted by atomic mass is 16.5. The lowest BCUT2D eigenvalue weighted by molar-refractivity contribution is -0.0152. The van der Waals surface area contributed by atoms with Gasteiger partial charge in [0.15, 0.2) is 0 Å². The average molecular weight is 299 g/mol. The van der Waals surface area contributed by atoms with Gasteiger partial charge < -0.3 is 10.1 Å². The van der Waals surface area contributed by atoms with Crippen molar-refractivity contribution in [2.24, 2.45) is 11.3 Å². The molecule has 1 fully saturated rings. The molecule has 1 aliphatic rings. The molecule has 1 saturated heterocycles. The number of hydrogen-bond donors (Lipinski definition) is 1. The summed E-state index contributed by atoms with van der Waals surface area (Å²) < 4.78 is 5.84. The van der Waals surface area contributed by atoms with Crippen LogP contribution in [0, 0.1) is 11.3 Å². The number of rotatable bonds is 7. The summed E-state index contributed by atoms with van der Waals surface area (Å²) in [4.78, 5) is 2.69. The SMILES string of the molecule is CCC1(CC)CNC(C(C)(C)C)CN1CCOCC(C)C. The summed E-state index contributed by atoms with van der Waals surface area (Å²) >= 11 is 0. The fourth-order valence-corrected chi connectivity index (χ4v) is 3.25. The average Bonchev–Trinajstić information content (AvgIpc) is 2.42. The van der Waals surface area contributed by atoms with Crippen molar-refractivity contribution in [3.63, 3.8) is 0 Å². The van der Waals surface area contributed by atoms with Crippen molar-refractivity contribution in [1.29, 1.82) is 0 Å². The zero-order chi connectivity index (χ0) is 16.1. The van der Waals surface area contributed by atoms with E-state index in [0.29, 0.717) is 22.9 Å². The van der Waals surface area contributed by atoms with Gasteiger partial charge in [0.2, 0.25) is 0 Å². The second-order valence-electron chi connectivity index (χ2n) is 8.15. The number of nitrogens with zero attached hydrogens (tertiary/aromatic N) is 1. The van der Waals surface area contributed by atoms with E-state index in [1.54, 1.807) is 0 Å². The summed E-state index contributed by atoms with van der Waals surface area (Å²) in [6, 6.07) is 0.564. The lowest BCUT2D eigenvalue weighted by Crippen LogP contribution is -2.67. The summed E-state index contributed by atoms with van der Waals surface area (Å²) in [5.41, 5.74) is 0.619. The molecule has 21 heavy (non-hydrogen) atoms. The van der Waals surface area contributed by atoms with Gasteiger partial charge in [0.05, 0.1) is 6.61 Å². The van der Waals surface area contributed by atoms with Gasteiger partial charge in [-0.3, -0.25) is 4.90 Å². The van der Waals surface area contributed by atoms with Crippen LogP contribution in [-0.4, -0.2) is 49.3 Å². The van der Waals surface area contributed by atoms with Crippen molar-refractivity contribution in [1.82, 2.24) is 10.2 Å². The van der Waals surface area contributed by atoms with E-state index in [0.717, 1.165) is 32.8 Å². The summed E-state index contributed by atoms with van der Waals surface area (Å²) in [5.74, 6) is 0.623. The van der Waals surface area contributed by atoms with Gasteiger partial charge in [-0.2, -0.15) is 0 Å². The zero-order valence-corrected chi connectivity index (χ0v) is 15.5. The highest BCUT2D eigenvalue weighted by Crippen LogP contribution is 2.31. The second-order valence-corrected chi connectivity index (χ2v) is 8.15. The van der Waals surface area contributed by atoms with E-state index in [1.807, 2.05) is 0 Å². The van der Waals surface area contributed by atoms with Crippen molar-refractivity contribution in [3.05, 3.63) is 0 Å². The van der Waals surface area contributed by atoms with Gasteiger partial charge in [-0.1, -0.05) is 48.5 Å². The number of piperazine rings is 1. The third-order valence-electron chi connectivity index (χ3n) is 5.07. The summed E-state index contributed by atoms with van der Waals surface area (Å²) in [6.45, 7) is 21.1. The van der Waals surface area contributed by atoms with Crippen LogP contribution in [0.15, 0.2) is 0 Å². The molecule has 3 nitrogen and oxygen atoms in total. The molecule has 0 radical (unpaired) electrons. The second kappa shape index (κ2) is 7.94. The lowest BCUT2D eigenvalue weighted by atomic mass is 9.80. The minimum absolute atomic E-state index is 0.308. The molecule has 1 unspecified atom stereocenters. The molecule has 1 N–H and O–H groups in total. The highest BCUT2D eigenvalue weighted by molar-refractivity contribution is 5.00. The van der Waals surface area contributed by atoms with Crippen molar-refractivity contribution >= 4 is 0 Å². The minimum atomic E-state index is 0.308. The predicted molar refractivity (Wildman–Crippen MR) is 91.8 cm³/mol. The van der Waals surface area contributed by atoms with Gasteiger partial charge >= 0.3 is 0 Å². The van der Waals surface area contributed by atoms with Crippen molar-refractivity contribution in [2.75, 3.05) is 32.8 Å². The van der Waals surface area contributed by atoms with Crippen LogP contribution in [0.4, 0.5) is 0 Å². The van der Waals surface area contributed by atoms with Crippen LogP contribution in [0.5, 0.6) is 0 Å². The van der Waals surface area contributed by atoms with Crippen LogP contribution in [0.25, 0.3) is 0 Å².